The molecule has 4 nitrogen and oxygen atoms in total. The molecule has 0 aromatic carbocycles. The summed E-state index contributed by atoms with van der Waals surface area (Å²) in [4.78, 5) is 15.5. The average Bonchev–Trinajstić information content (AvgIpc) is 1.99. The summed E-state index contributed by atoms with van der Waals surface area (Å²) in [5.74, 6) is -0.446. The van der Waals surface area contributed by atoms with Gasteiger partial charge in [0, 0.05) is 3.57 Å². The number of pyridine rings is 1. The largest absolute Gasteiger partial charge is 0.506 e. The van der Waals surface area contributed by atoms with Crippen molar-refractivity contribution >= 4 is 28.6 Å². The van der Waals surface area contributed by atoms with Crippen LogP contribution in [0.3, 0.4) is 0 Å². The quantitative estimate of drug-likeness (QED) is 0.637. The number of hydrogen-bond acceptors (Lipinski definition) is 4. The van der Waals surface area contributed by atoms with Gasteiger partial charge in [0.15, 0.2) is 5.69 Å². The van der Waals surface area contributed by atoms with E-state index in [2.05, 4.69) is 4.98 Å². The Kier molecular flexibility index (Phi) is 3.54. The summed E-state index contributed by atoms with van der Waals surface area (Å²) < 4.78 is 5.73. The van der Waals surface area contributed by atoms with Crippen molar-refractivity contribution in [3.05, 3.63) is 21.5 Å². The maximum atomic E-state index is 11.6. The molecule has 0 saturated heterocycles. The third-order valence-corrected chi connectivity index (χ3v) is 2.24. The van der Waals surface area contributed by atoms with E-state index in [9.17, 15) is 4.79 Å². The first kappa shape index (κ1) is 12.2. The Morgan fingerprint density at radius 2 is 2.13 bits per heavy atom. The third kappa shape index (κ3) is 3.65. The van der Waals surface area contributed by atoms with Crippen molar-refractivity contribution in [3.8, 4) is 5.75 Å². The molecule has 0 aliphatic heterocycles. The van der Waals surface area contributed by atoms with Crippen molar-refractivity contribution in [3.63, 3.8) is 0 Å². The van der Waals surface area contributed by atoms with Crippen LogP contribution in [-0.2, 0) is 4.74 Å². The fourth-order valence-corrected chi connectivity index (χ4v) is 1.58. The van der Waals surface area contributed by atoms with Crippen LogP contribution in [0.15, 0.2) is 12.3 Å². The highest BCUT2D eigenvalue weighted by molar-refractivity contribution is 14.1. The number of aromatic hydroxyl groups is 1. The molecular formula is C10H12INO3. The highest BCUT2D eigenvalue weighted by Crippen LogP contribution is 2.18. The lowest BCUT2D eigenvalue weighted by atomic mass is 10.2. The van der Waals surface area contributed by atoms with Crippen LogP contribution in [0.4, 0.5) is 0 Å². The summed E-state index contributed by atoms with van der Waals surface area (Å²) in [7, 11) is 0. The van der Waals surface area contributed by atoms with Crippen molar-refractivity contribution in [2.75, 3.05) is 0 Å². The summed E-state index contributed by atoms with van der Waals surface area (Å²) in [6, 6.07) is 1.47. The Balaban J connectivity index is 2.92. The fourth-order valence-electron chi connectivity index (χ4n) is 0.904. The van der Waals surface area contributed by atoms with Crippen LogP contribution in [0.25, 0.3) is 0 Å². The predicted molar refractivity (Wildman–Crippen MR) is 63.8 cm³/mol. The van der Waals surface area contributed by atoms with Gasteiger partial charge in [0.2, 0.25) is 0 Å². The highest BCUT2D eigenvalue weighted by atomic mass is 127. The molecule has 0 atom stereocenters. The van der Waals surface area contributed by atoms with Crippen LogP contribution < -0.4 is 0 Å². The highest BCUT2D eigenvalue weighted by Gasteiger charge is 2.20. The molecule has 5 heteroatoms. The maximum Gasteiger partial charge on any atom is 0.358 e. The van der Waals surface area contributed by atoms with Crippen LogP contribution in [0.5, 0.6) is 5.75 Å². The van der Waals surface area contributed by atoms with E-state index in [4.69, 9.17) is 9.84 Å². The minimum absolute atomic E-state index is 0.0340. The first-order valence-corrected chi connectivity index (χ1v) is 5.45. The molecule has 1 heterocycles. The number of hydrogen-bond donors (Lipinski definition) is 1. The first-order valence-electron chi connectivity index (χ1n) is 4.37. The van der Waals surface area contributed by atoms with Gasteiger partial charge in [-0.15, -0.1) is 0 Å². The van der Waals surface area contributed by atoms with Gasteiger partial charge in [0.25, 0.3) is 0 Å². The van der Waals surface area contributed by atoms with E-state index in [1.807, 2.05) is 22.6 Å². The van der Waals surface area contributed by atoms with Gasteiger partial charge in [0.05, 0.1) is 6.20 Å². The Morgan fingerprint density at radius 3 is 2.60 bits per heavy atom. The fraction of sp³-hybridized carbons (Fsp3) is 0.400. The minimum Gasteiger partial charge on any atom is -0.506 e. The summed E-state index contributed by atoms with van der Waals surface area (Å²) in [5.41, 5.74) is -0.317. The molecule has 82 valence electrons. The van der Waals surface area contributed by atoms with Gasteiger partial charge in [-0.05, 0) is 49.4 Å². The number of ether oxygens (including phenoxy) is 1. The van der Waals surface area contributed by atoms with Gasteiger partial charge in [-0.25, -0.2) is 9.78 Å². The SMILES string of the molecule is CC(C)(C)OC(=O)c1ncc(O)cc1I. The molecule has 0 unspecified atom stereocenters. The molecule has 0 bridgehead atoms. The second-order valence-corrected chi connectivity index (χ2v) is 5.19. The van der Waals surface area contributed by atoms with Crippen molar-refractivity contribution in [2.45, 2.75) is 26.4 Å². The lowest BCUT2D eigenvalue weighted by Gasteiger charge is -2.19. The first-order chi connectivity index (χ1) is 6.79. The van der Waals surface area contributed by atoms with E-state index in [-0.39, 0.29) is 11.4 Å². The molecule has 1 aromatic rings. The zero-order valence-corrected chi connectivity index (χ0v) is 10.9. The number of nitrogens with zero attached hydrogens (tertiary/aromatic N) is 1. The van der Waals surface area contributed by atoms with Gasteiger partial charge in [0.1, 0.15) is 11.4 Å². The smallest absolute Gasteiger partial charge is 0.358 e. The number of rotatable bonds is 1. The zero-order valence-electron chi connectivity index (χ0n) is 8.74. The molecule has 1 N–H and O–H groups in total. The van der Waals surface area contributed by atoms with Gasteiger partial charge in [-0.1, -0.05) is 0 Å². The molecule has 0 fully saturated rings. The second-order valence-electron chi connectivity index (χ2n) is 4.03. The molecule has 1 rings (SSSR count). The number of esters is 1. The van der Waals surface area contributed by atoms with Gasteiger partial charge < -0.3 is 9.84 Å². The summed E-state index contributed by atoms with van der Waals surface area (Å²) in [5, 5.41) is 9.13. The van der Waals surface area contributed by atoms with Crippen LogP contribution in [0.1, 0.15) is 31.3 Å². The average molecular weight is 321 g/mol. The van der Waals surface area contributed by atoms with Crippen LogP contribution in [0.2, 0.25) is 0 Å². The zero-order chi connectivity index (χ0) is 11.6. The molecule has 0 aliphatic rings. The van der Waals surface area contributed by atoms with Crippen molar-refractivity contribution in [1.82, 2.24) is 4.98 Å². The minimum atomic E-state index is -0.542. The van der Waals surface area contributed by atoms with Crippen LogP contribution in [-0.4, -0.2) is 21.7 Å². The lowest BCUT2D eigenvalue weighted by molar-refractivity contribution is 0.00615. The van der Waals surface area contributed by atoms with E-state index in [1.54, 1.807) is 20.8 Å². The van der Waals surface area contributed by atoms with E-state index in [0.717, 1.165) is 0 Å². The Hall–Kier alpha value is -0.850. The van der Waals surface area contributed by atoms with Crippen molar-refractivity contribution < 1.29 is 14.6 Å². The van der Waals surface area contributed by atoms with Crippen LogP contribution in [0, 0.1) is 3.57 Å². The topological polar surface area (TPSA) is 59.4 Å². The Morgan fingerprint density at radius 1 is 1.53 bits per heavy atom. The molecule has 15 heavy (non-hydrogen) atoms. The van der Waals surface area contributed by atoms with Gasteiger partial charge >= 0.3 is 5.97 Å². The van der Waals surface area contributed by atoms with E-state index < -0.39 is 11.6 Å². The summed E-state index contributed by atoms with van der Waals surface area (Å²) >= 11 is 1.93. The Labute approximate surface area is 102 Å². The molecule has 0 saturated carbocycles. The van der Waals surface area contributed by atoms with Crippen molar-refractivity contribution in [2.24, 2.45) is 0 Å². The standard InChI is InChI=1S/C10H12INO3/c1-10(2,3)15-9(14)8-7(11)4-6(13)5-12-8/h4-5,13H,1-3H3. The number of carbonyl (C=O) groups excluding carboxylic acids is 1. The van der Waals surface area contributed by atoms with E-state index in [0.29, 0.717) is 3.57 Å². The van der Waals surface area contributed by atoms with Crippen molar-refractivity contribution in [1.29, 1.82) is 0 Å². The molecule has 0 amide bonds. The molecule has 0 spiro atoms. The van der Waals surface area contributed by atoms with Gasteiger partial charge in [-0.3, -0.25) is 0 Å². The molecule has 0 radical (unpaired) electrons. The third-order valence-electron chi connectivity index (χ3n) is 1.42. The second kappa shape index (κ2) is 4.34. The van der Waals surface area contributed by atoms with E-state index >= 15 is 0 Å². The normalized spacial score (nSPS) is 11.2. The predicted octanol–water partition coefficient (Wildman–Crippen LogP) is 2.35. The molecule has 1 aromatic heterocycles. The van der Waals surface area contributed by atoms with E-state index in [1.165, 1.54) is 12.3 Å². The summed E-state index contributed by atoms with van der Waals surface area (Å²) in [6.45, 7) is 5.37. The Bertz CT molecular complexity index is 385. The number of carbonyl (C=O) groups is 1. The monoisotopic (exact) mass is 321 g/mol. The molecular weight excluding hydrogens is 309 g/mol. The van der Waals surface area contributed by atoms with Gasteiger partial charge in [-0.2, -0.15) is 0 Å². The maximum absolute atomic E-state index is 11.6. The lowest BCUT2D eigenvalue weighted by Crippen LogP contribution is -2.25. The molecule has 0 aliphatic carbocycles. The van der Waals surface area contributed by atoms with Crippen LogP contribution >= 0.6 is 22.6 Å². The number of aromatic nitrogens is 1. The summed E-state index contributed by atoms with van der Waals surface area (Å²) in [6.07, 6.45) is 1.22. The number of halogens is 1.